The third-order valence-corrected chi connectivity index (χ3v) is 8.47. The van der Waals surface area contributed by atoms with Crippen LogP contribution in [0.4, 0.5) is 11.4 Å². The van der Waals surface area contributed by atoms with Gasteiger partial charge >= 0.3 is 0 Å². The Bertz CT molecular complexity index is 1780. The molecular formula is C32H31ClN4O7S. The minimum absolute atomic E-state index is 0.0165. The van der Waals surface area contributed by atoms with Gasteiger partial charge in [0.05, 0.1) is 41.7 Å². The largest absolute Gasteiger partial charge is 0.493 e. The fraction of sp³-hybridized carbons (Fsp3) is 0.156. The van der Waals surface area contributed by atoms with Crippen molar-refractivity contribution in [1.29, 1.82) is 0 Å². The third-order valence-electron chi connectivity index (χ3n) is 6.35. The molecular weight excluding hydrogens is 620 g/mol. The fourth-order valence-electron chi connectivity index (χ4n) is 4.03. The molecule has 234 valence electrons. The maximum Gasteiger partial charge on any atom is 0.264 e. The van der Waals surface area contributed by atoms with E-state index in [1.165, 1.54) is 44.7 Å². The smallest absolute Gasteiger partial charge is 0.264 e. The lowest BCUT2D eigenvalue weighted by Gasteiger charge is -2.24. The molecule has 0 aliphatic rings. The first-order valence-electron chi connectivity index (χ1n) is 13.5. The summed E-state index contributed by atoms with van der Waals surface area (Å²) in [6.07, 6.45) is 1.39. The number of anilines is 2. The molecule has 0 aliphatic heterocycles. The van der Waals surface area contributed by atoms with Gasteiger partial charge in [0.1, 0.15) is 12.3 Å². The number of benzene rings is 4. The number of halogens is 1. The number of rotatable bonds is 13. The van der Waals surface area contributed by atoms with Gasteiger partial charge in [0, 0.05) is 6.07 Å². The highest BCUT2D eigenvalue weighted by molar-refractivity contribution is 7.92. The van der Waals surface area contributed by atoms with E-state index in [4.69, 9.17) is 25.8 Å². The Morgan fingerprint density at radius 3 is 2.24 bits per heavy atom. The second-order valence-electron chi connectivity index (χ2n) is 9.54. The topological polar surface area (TPSA) is 136 Å². The number of aryl methyl sites for hydroxylation is 1. The van der Waals surface area contributed by atoms with Gasteiger partial charge in [0.2, 0.25) is 0 Å². The molecule has 0 radical (unpaired) electrons. The van der Waals surface area contributed by atoms with Crippen molar-refractivity contribution in [2.24, 2.45) is 5.10 Å². The molecule has 11 nitrogen and oxygen atoms in total. The minimum atomic E-state index is -4.15. The molecule has 0 unspecified atom stereocenters. The Kier molecular flexibility index (Phi) is 11.0. The zero-order valence-electron chi connectivity index (χ0n) is 24.7. The lowest BCUT2D eigenvalue weighted by atomic mass is 10.2. The fourth-order valence-corrected chi connectivity index (χ4v) is 5.62. The minimum Gasteiger partial charge on any atom is -0.493 e. The van der Waals surface area contributed by atoms with E-state index in [1.54, 1.807) is 66.7 Å². The molecule has 4 aromatic rings. The van der Waals surface area contributed by atoms with Gasteiger partial charge in [-0.05, 0) is 73.2 Å². The molecule has 0 aliphatic carbocycles. The van der Waals surface area contributed by atoms with E-state index in [-0.39, 0.29) is 23.1 Å². The maximum absolute atomic E-state index is 13.7. The monoisotopic (exact) mass is 650 g/mol. The summed E-state index contributed by atoms with van der Waals surface area (Å²) in [4.78, 5) is 25.1. The summed E-state index contributed by atoms with van der Waals surface area (Å²) in [5, 5.41) is 7.06. The van der Waals surface area contributed by atoms with Crippen LogP contribution in [0.5, 0.6) is 17.2 Å². The van der Waals surface area contributed by atoms with Crippen LogP contribution in [0.2, 0.25) is 5.02 Å². The van der Waals surface area contributed by atoms with Crippen molar-refractivity contribution in [1.82, 2.24) is 5.43 Å². The highest BCUT2D eigenvalue weighted by atomic mass is 35.5. The number of amides is 2. The first kappa shape index (κ1) is 32.8. The lowest BCUT2D eigenvalue weighted by Crippen LogP contribution is -2.39. The number of sulfonamides is 1. The van der Waals surface area contributed by atoms with Crippen molar-refractivity contribution in [2.75, 3.05) is 37.0 Å². The lowest BCUT2D eigenvalue weighted by molar-refractivity contribution is -0.119. The standard InChI is InChI=1S/C32H31ClN4O7S/c1-22-8-15-26(16-9-22)45(40,41)37(24-12-17-29(42-2)30(18-24)43-3)20-31(38)36-34-19-23-10-13-25(14-11-23)44-21-32(39)35-28-7-5-4-6-27(28)33/h4-19H,20-21H2,1-3H3,(H,35,39)(H,36,38)/b34-19-. The Morgan fingerprint density at radius 1 is 0.889 bits per heavy atom. The number of hydrogen-bond donors (Lipinski definition) is 2. The molecule has 0 atom stereocenters. The summed E-state index contributed by atoms with van der Waals surface area (Å²) in [6, 6.07) is 24.4. The van der Waals surface area contributed by atoms with Gasteiger partial charge in [0.25, 0.3) is 21.8 Å². The Morgan fingerprint density at radius 2 is 1.58 bits per heavy atom. The van der Waals surface area contributed by atoms with Gasteiger partial charge in [-0.25, -0.2) is 13.8 Å². The summed E-state index contributed by atoms with van der Waals surface area (Å²) in [5.74, 6) is 0.0903. The summed E-state index contributed by atoms with van der Waals surface area (Å²) in [6.45, 7) is 1.06. The first-order valence-corrected chi connectivity index (χ1v) is 15.3. The van der Waals surface area contributed by atoms with Crippen LogP contribution < -0.4 is 29.3 Å². The van der Waals surface area contributed by atoms with Crippen molar-refractivity contribution in [2.45, 2.75) is 11.8 Å². The number of hydrogen-bond acceptors (Lipinski definition) is 8. The predicted molar refractivity (Wildman–Crippen MR) is 173 cm³/mol. The van der Waals surface area contributed by atoms with E-state index < -0.39 is 22.5 Å². The maximum atomic E-state index is 13.7. The molecule has 4 aromatic carbocycles. The van der Waals surface area contributed by atoms with E-state index in [0.717, 1.165) is 9.87 Å². The highest BCUT2D eigenvalue weighted by Gasteiger charge is 2.28. The zero-order chi connectivity index (χ0) is 32.4. The summed E-state index contributed by atoms with van der Waals surface area (Å²) in [5.41, 5.74) is 4.56. The van der Waals surface area contributed by atoms with E-state index in [0.29, 0.717) is 33.5 Å². The van der Waals surface area contributed by atoms with Crippen LogP contribution in [-0.4, -0.2) is 53.8 Å². The number of para-hydroxylation sites is 1. The molecule has 0 saturated heterocycles. The van der Waals surface area contributed by atoms with Crippen molar-refractivity contribution < 1.29 is 32.2 Å². The Hall–Kier alpha value is -5.07. The number of methoxy groups -OCH3 is 2. The second-order valence-corrected chi connectivity index (χ2v) is 11.8. The van der Waals surface area contributed by atoms with Gasteiger partial charge in [-0.3, -0.25) is 13.9 Å². The summed E-state index contributed by atoms with van der Waals surface area (Å²) >= 11 is 6.06. The molecule has 0 bridgehead atoms. The molecule has 45 heavy (non-hydrogen) atoms. The third kappa shape index (κ3) is 8.74. The van der Waals surface area contributed by atoms with Gasteiger partial charge in [-0.15, -0.1) is 0 Å². The molecule has 0 saturated carbocycles. The van der Waals surface area contributed by atoms with E-state index in [9.17, 15) is 18.0 Å². The van der Waals surface area contributed by atoms with Crippen molar-refractivity contribution in [3.05, 3.63) is 107 Å². The molecule has 2 N–H and O–H groups in total. The van der Waals surface area contributed by atoms with Crippen molar-refractivity contribution >= 4 is 51.0 Å². The van der Waals surface area contributed by atoms with Gasteiger partial charge < -0.3 is 19.5 Å². The van der Waals surface area contributed by atoms with E-state index in [2.05, 4.69) is 15.8 Å². The summed E-state index contributed by atoms with van der Waals surface area (Å²) in [7, 11) is -1.25. The van der Waals surface area contributed by atoms with Crippen molar-refractivity contribution in [3.63, 3.8) is 0 Å². The summed E-state index contributed by atoms with van der Waals surface area (Å²) < 4.78 is 44.4. The van der Waals surface area contributed by atoms with Crippen LogP contribution in [-0.2, 0) is 19.6 Å². The number of ether oxygens (including phenoxy) is 3. The number of nitrogens with zero attached hydrogens (tertiary/aromatic N) is 2. The quantitative estimate of drug-likeness (QED) is 0.153. The molecule has 0 spiro atoms. The number of carbonyl (C=O) groups is 2. The molecule has 2 amide bonds. The average molecular weight is 651 g/mol. The van der Waals surface area contributed by atoms with Crippen LogP contribution in [0, 0.1) is 6.92 Å². The molecule has 13 heteroatoms. The zero-order valence-corrected chi connectivity index (χ0v) is 26.3. The van der Waals surface area contributed by atoms with Crippen LogP contribution in [0.15, 0.2) is 101 Å². The van der Waals surface area contributed by atoms with Crippen LogP contribution >= 0.6 is 11.6 Å². The number of carbonyl (C=O) groups excluding carboxylic acids is 2. The average Bonchev–Trinajstić information content (AvgIpc) is 3.04. The van der Waals surface area contributed by atoms with Crippen LogP contribution in [0.25, 0.3) is 0 Å². The number of hydrazone groups is 1. The van der Waals surface area contributed by atoms with Gasteiger partial charge in [0.15, 0.2) is 18.1 Å². The Balaban J connectivity index is 1.40. The van der Waals surface area contributed by atoms with Crippen molar-refractivity contribution in [3.8, 4) is 17.2 Å². The molecule has 0 aromatic heterocycles. The van der Waals surface area contributed by atoms with Crippen LogP contribution in [0.1, 0.15) is 11.1 Å². The van der Waals surface area contributed by atoms with E-state index in [1.807, 2.05) is 6.92 Å². The van der Waals surface area contributed by atoms with Gasteiger partial charge in [-0.2, -0.15) is 5.10 Å². The normalized spacial score (nSPS) is 11.1. The molecule has 4 rings (SSSR count). The predicted octanol–water partition coefficient (Wildman–Crippen LogP) is 5.03. The molecule has 0 fully saturated rings. The van der Waals surface area contributed by atoms with Gasteiger partial charge in [-0.1, -0.05) is 41.4 Å². The van der Waals surface area contributed by atoms with Crippen LogP contribution in [0.3, 0.4) is 0 Å². The first-order chi connectivity index (χ1) is 21.6. The molecule has 0 heterocycles. The Labute approximate surface area is 266 Å². The second kappa shape index (κ2) is 15.1. The number of nitrogens with one attached hydrogen (secondary N) is 2. The SMILES string of the molecule is COc1ccc(N(CC(=O)N/N=C\c2ccc(OCC(=O)Nc3ccccc3Cl)cc2)S(=O)(=O)c2ccc(C)cc2)cc1OC. The van der Waals surface area contributed by atoms with E-state index >= 15 is 0 Å². The highest BCUT2D eigenvalue weighted by Crippen LogP contribution is 2.33.